The molecule has 4 unspecified atom stereocenters. The van der Waals surface area contributed by atoms with Gasteiger partial charge in [-0.15, -0.1) is 0 Å². The fraction of sp³-hybridized carbons (Fsp3) is 0.733. The van der Waals surface area contributed by atoms with Crippen LogP contribution in [0.2, 0.25) is 0 Å². The van der Waals surface area contributed by atoms with Crippen LogP contribution in [0.4, 0.5) is 4.79 Å². The highest BCUT2D eigenvalue weighted by atomic mass is 16.6. The van der Waals surface area contributed by atoms with Crippen molar-refractivity contribution in [3.8, 4) is 0 Å². The zero-order chi connectivity index (χ0) is 15.1. The van der Waals surface area contributed by atoms with Crippen molar-refractivity contribution in [2.45, 2.75) is 38.8 Å². The van der Waals surface area contributed by atoms with Gasteiger partial charge in [-0.05, 0) is 39.0 Å². The summed E-state index contributed by atoms with van der Waals surface area (Å²) in [5.41, 5.74) is -0.529. The summed E-state index contributed by atoms with van der Waals surface area (Å²) in [5, 5.41) is 2.89. The van der Waals surface area contributed by atoms with Gasteiger partial charge in [0.05, 0.1) is 12.0 Å². The molecule has 0 aromatic carbocycles. The quantitative estimate of drug-likeness (QED) is 0.785. The third-order valence-corrected chi connectivity index (χ3v) is 3.87. The molecule has 1 saturated carbocycles. The van der Waals surface area contributed by atoms with Crippen molar-refractivity contribution in [3.63, 3.8) is 0 Å². The fourth-order valence-electron chi connectivity index (χ4n) is 3.10. The van der Waals surface area contributed by atoms with Gasteiger partial charge in [-0.2, -0.15) is 0 Å². The summed E-state index contributed by atoms with van der Waals surface area (Å²) >= 11 is 0. The van der Waals surface area contributed by atoms with E-state index in [0.717, 1.165) is 6.42 Å². The Morgan fingerprint density at radius 1 is 1.20 bits per heavy atom. The van der Waals surface area contributed by atoms with Gasteiger partial charge in [0.25, 0.3) is 0 Å². The molecule has 5 nitrogen and oxygen atoms in total. The maximum absolute atomic E-state index is 12.3. The van der Waals surface area contributed by atoms with Crippen molar-refractivity contribution < 1.29 is 14.3 Å². The number of carbonyl (C=O) groups is 2. The van der Waals surface area contributed by atoms with Gasteiger partial charge in [0, 0.05) is 14.1 Å². The Labute approximate surface area is 120 Å². The van der Waals surface area contributed by atoms with Crippen LogP contribution in [0.15, 0.2) is 12.2 Å². The molecule has 0 saturated heterocycles. The number of ether oxygens (including phenoxy) is 1. The molecule has 0 aliphatic heterocycles. The van der Waals surface area contributed by atoms with E-state index in [9.17, 15) is 9.59 Å². The predicted molar refractivity (Wildman–Crippen MR) is 76.1 cm³/mol. The lowest BCUT2D eigenvalue weighted by atomic mass is 9.88. The second-order valence-electron chi connectivity index (χ2n) is 6.88. The van der Waals surface area contributed by atoms with Crippen molar-refractivity contribution in [2.75, 3.05) is 14.1 Å². The van der Waals surface area contributed by atoms with Crippen LogP contribution in [0.5, 0.6) is 0 Å². The molecule has 112 valence electrons. The Balaban J connectivity index is 2.07. The van der Waals surface area contributed by atoms with E-state index < -0.39 is 11.7 Å². The summed E-state index contributed by atoms with van der Waals surface area (Å²) in [7, 11) is 3.51. The smallest absolute Gasteiger partial charge is 0.407 e. The first-order chi connectivity index (χ1) is 9.19. The molecule has 2 amide bonds. The molecule has 2 bridgehead atoms. The number of alkyl carbamates (subject to hydrolysis) is 1. The molecule has 0 aromatic heterocycles. The van der Waals surface area contributed by atoms with E-state index in [-0.39, 0.29) is 29.7 Å². The molecule has 0 radical (unpaired) electrons. The van der Waals surface area contributed by atoms with E-state index in [1.807, 2.05) is 20.8 Å². The van der Waals surface area contributed by atoms with Gasteiger partial charge in [-0.1, -0.05) is 12.2 Å². The molecule has 0 heterocycles. The summed E-state index contributed by atoms with van der Waals surface area (Å²) < 4.78 is 5.30. The topological polar surface area (TPSA) is 58.6 Å². The number of fused-ring (bicyclic) bond motifs is 2. The monoisotopic (exact) mass is 280 g/mol. The third kappa shape index (κ3) is 2.97. The second kappa shape index (κ2) is 5.11. The fourth-order valence-corrected chi connectivity index (χ4v) is 3.10. The molecule has 1 fully saturated rings. The molecule has 0 aromatic rings. The van der Waals surface area contributed by atoms with E-state index in [1.165, 1.54) is 0 Å². The molecule has 1 N–H and O–H groups in total. The number of hydrogen-bond acceptors (Lipinski definition) is 3. The molecule has 2 rings (SSSR count). The molecule has 4 atom stereocenters. The first-order valence-electron chi connectivity index (χ1n) is 7.08. The lowest BCUT2D eigenvalue weighted by Crippen LogP contribution is -2.49. The van der Waals surface area contributed by atoms with Gasteiger partial charge in [0.1, 0.15) is 5.60 Å². The summed E-state index contributed by atoms with van der Waals surface area (Å²) in [6.07, 6.45) is 4.70. The average molecular weight is 280 g/mol. The van der Waals surface area contributed by atoms with Gasteiger partial charge in [0.2, 0.25) is 5.91 Å². The predicted octanol–water partition coefficient (Wildman–Crippen LogP) is 1.79. The molecular formula is C15H24N2O3. The lowest BCUT2D eigenvalue weighted by molar-refractivity contribution is -0.134. The molecule has 2 aliphatic carbocycles. The highest BCUT2D eigenvalue weighted by Crippen LogP contribution is 2.44. The van der Waals surface area contributed by atoms with Crippen LogP contribution >= 0.6 is 0 Å². The van der Waals surface area contributed by atoms with E-state index in [4.69, 9.17) is 4.74 Å². The Bertz CT molecular complexity index is 437. The van der Waals surface area contributed by atoms with Crippen molar-refractivity contribution in [1.29, 1.82) is 0 Å². The number of carbonyl (C=O) groups excluding carboxylic acids is 2. The van der Waals surface area contributed by atoms with Gasteiger partial charge in [0.15, 0.2) is 0 Å². The number of rotatable bonds is 2. The van der Waals surface area contributed by atoms with Crippen LogP contribution in [0.1, 0.15) is 27.2 Å². The zero-order valence-electron chi connectivity index (χ0n) is 12.8. The number of nitrogens with zero attached hydrogens (tertiary/aromatic N) is 1. The Morgan fingerprint density at radius 3 is 2.35 bits per heavy atom. The number of amides is 2. The van der Waals surface area contributed by atoms with Crippen LogP contribution in [-0.2, 0) is 9.53 Å². The van der Waals surface area contributed by atoms with Crippen LogP contribution in [0.25, 0.3) is 0 Å². The van der Waals surface area contributed by atoms with Crippen LogP contribution in [-0.4, -0.2) is 42.6 Å². The highest BCUT2D eigenvalue weighted by molar-refractivity contribution is 5.81. The lowest BCUT2D eigenvalue weighted by Gasteiger charge is -2.30. The van der Waals surface area contributed by atoms with Gasteiger partial charge in [-0.3, -0.25) is 4.79 Å². The molecule has 0 spiro atoms. The van der Waals surface area contributed by atoms with Gasteiger partial charge >= 0.3 is 6.09 Å². The molecule has 2 aliphatic rings. The van der Waals surface area contributed by atoms with Crippen molar-refractivity contribution in [3.05, 3.63) is 12.2 Å². The maximum atomic E-state index is 12.3. The normalized spacial score (nSPS) is 31.2. The Hall–Kier alpha value is -1.52. The number of hydrogen-bond donors (Lipinski definition) is 1. The molecule has 5 heteroatoms. The van der Waals surface area contributed by atoms with Crippen molar-refractivity contribution in [2.24, 2.45) is 17.8 Å². The highest BCUT2D eigenvalue weighted by Gasteiger charge is 2.49. The Kier molecular flexibility index (Phi) is 3.80. The first-order valence-corrected chi connectivity index (χ1v) is 7.08. The summed E-state index contributed by atoms with van der Waals surface area (Å²) in [5.74, 6) is 0.367. The van der Waals surface area contributed by atoms with E-state index in [0.29, 0.717) is 0 Å². The minimum absolute atomic E-state index is 0.0721. The number of allylic oxidation sites excluding steroid dienone is 1. The van der Waals surface area contributed by atoms with Crippen molar-refractivity contribution in [1.82, 2.24) is 10.2 Å². The molecule has 20 heavy (non-hydrogen) atoms. The van der Waals surface area contributed by atoms with Gasteiger partial charge < -0.3 is 15.0 Å². The average Bonchev–Trinajstić information content (AvgIpc) is 2.85. The minimum atomic E-state index is -0.529. The molecular weight excluding hydrogens is 256 g/mol. The summed E-state index contributed by atoms with van der Waals surface area (Å²) in [6, 6.07) is -0.158. The number of nitrogens with one attached hydrogen (secondary N) is 1. The second-order valence-corrected chi connectivity index (χ2v) is 6.88. The van der Waals surface area contributed by atoms with E-state index in [1.54, 1.807) is 19.0 Å². The van der Waals surface area contributed by atoms with Crippen molar-refractivity contribution >= 4 is 12.0 Å². The standard InChI is InChI=1S/C15H24N2O3/c1-15(2,3)20-14(19)16-12-10-7-6-9(8-10)11(12)13(18)17(4)5/h6-7,9-12H,8H2,1-5H3,(H,16,19). The zero-order valence-corrected chi connectivity index (χ0v) is 12.8. The van der Waals surface area contributed by atoms with Crippen LogP contribution < -0.4 is 5.32 Å². The van der Waals surface area contributed by atoms with Crippen LogP contribution in [0.3, 0.4) is 0 Å². The largest absolute Gasteiger partial charge is 0.444 e. The Morgan fingerprint density at radius 2 is 1.80 bits per heavy atom. The van der Waals surface area contributed by atoms with E-state index >= 15 is 0 Å². The maximum Gasteiger partial charge on any atom is 0.407 e. The summed E-state index contributed by atoms with van der Waals surface area (Å²) in [6.45, 7) is 5.49. The third-order valence-electron chi connectivity index (χ3n) is 3.87. The summed E-state index contributed by atoms with van der Waals surface area (Å²) in [4.78, 5) is 25.9. The van der Waals surface area contributed by atoms with Crippen LogP contribution in [0, 0.1) is 17.8 Å². The minimum Gasteiger partial charge on any atom is -0.444 e. The van der Waals surface area contributed by atoms with E-state index in [2.05, 4.69) is 17.5 Å². The van der Waals surface area contributed by atoms with Gasteiger partial charge in [-0.25, -0.2) is 4.79 Å². The SMILES string of the molecule is CN(C)C(=O)C1C2C=CC(C2)C1NC(=O)OC(C)(C)C. The first kappa shape index (κ1) is 14.9.